The highest BCUT2D eigenvalue weighted by atomic mass is 16.5. The quantitative estimate of drug-likeness (QED) is 0.300. The van der Waals surface area contributed by atoms with Crippen LogP contribution in [0.25, 0.3) is 0 Å². The van der Waals surface area contributed by atoms with E-state index < -0.39 is 35.9 Å². The molecule has 4 atom stereocenters. The normalized spacial score (nSPS) is 24.7. The van der Waals surface area contributed by atoms with Gasteiger partial charge in [0.1, 0.15) is 6.04 Å². The number of carbonyl (C=O) groups is 4. The number of fused-ring (bicyclic) bond motifs is 1. The van der Waals surface area contributed by atoms with Crippen LogP contribution in [0.4, 0.5) is 0 Å². The highest BCUT2D eigenvalue weighted by Crippen LogP contribution is 2.36. The summed E-state index contributed by atoms with van der Waals surface area (Å²) in [5.41, 5.74) is 0. The summed E-state index contributed by atoms with van der Waals surface area (Å²) in [7, 11) is 1.51. The minimum absolute atomic E-state index is 0.298. The fourth-order valence-corrected chi connectivity index (χ4v) is 3.06. The molecule has 8 nitrogen and oxygen atoms in total. The van der Waals surface area contributed by atoms with Crippen molar-refractivity contribution in [2.75, 3.05) is 20.3 Å². The second-order valence-electron chi connectivity index (χ2n) is 6.24. The number of amides is 3. The van der Waals surface area contributed by atoms with Gasteiger partial charge in [0.15, 0.2) is 6.10 Å². The lowest BCUT2D eigenvalue weighted by Gasteiger charge is -2.23. The van der Waals surface area contributed by atoms with E-state index in [1.807, 2.05) is 12.2 Å². The first-order chi connectivity index (χ1) is 11.9. The third-order valence-electron chi connectivity index (χ3n) is 4.54. The van der Waals surface area contributed by atoms with Crippen LogP contribution in [0.1, 0.15) is 26.7 Å². The lowest BCUT2D eigenvalue weighted by Crippen LogP contribution is -2.46. The van der Waals surface area contributed by atoms with E-state index in [0.717, 1.165) is 4.90 Å². The molecule has 0 aromatic heterocycles. The Hall–Kier alpha value is -2.22. The number of allylic oxidation sites excluding steroid dienone is 2. The number of likely N-dealkylation sites (tertiary alicyclic amines) is 1. The Morgan fingerprint density at radius 3 is 2.28 bits per heavy atom. The molecule has 2 aliphatic rings. The molecule has 1 N–H and O–H groups in total. The molecule has 0 aromatic rings. The van der Waals surface area contributed by atoms with Gasteiger partial charge in [-0.05, 0) is 26.7 Å². The van der Waals surface area contributed by atoms with E-state index >= 15 is 0 Å². The molecule has 1 aliphatic carbocycles. The summed E-state index contributed by atoms with van der Waals surface area (Å²) in [6.45, 7) is 3.52. The highest BCUT2D eigenvalue weighted by molar-refractivity contribution is 6.08. The minimum atomic E-state index is -1.06. The van der Waals surface area contributed by atoms with E-state index in [4.69, 9.17) is 9.47 Å². The maximum Gasteiger partial charge on any atom is 0.329 e. The molecule has 3 amide bonds. The number of methoxy groups -OCH3 is 1. The van der Waals surface area contributed by atoms with Crippen molar-refractivity contribution in [1.29, 1.82) is 0 Å². The Morgan fingerprint density at radius 2 is 1.76 bits per heavy atom. The SMILES string of the molecule is COCCNC(=O)[C@@H](C)OC(=O)[C@H](C)N1C(=O)[C@H]2CC=CC[C@H]2C1=O. The summed E-state index contributed by atoms with van der Waals surface area (Å²) >= 11 is 0. The van der Waals surface area contributed by atoms with Gasteiger partial charge < -0.3 is 14.8 Å². The predicted molar refractivity (Wildman–Crippen MR) is 87.1 cm³/mol. The van der Waals surface area contributed by atoms with Crippen molar-refractivity contribution in [2.45, 2.75) is 38.8 Å². The molecule has 0 aromatic carbocycles. The maximum atomic E-state index is 12.5. The molecule has 0 unspecified atom stereocenters. The second kappa shape index (κ2) is 8.24. The first-order valence-corrected chi connectivity index (χ1v) is 8.37. The first kappa shape index (κ1) is 19.1. The van der Waals surface area contributed by atoms with Crippen LogP contribution in [0.2, 0.25) is 0 Å². The first-order valence-electron chi connectivity index (χ1n) is 8.37. The molecule has 1 aliphatic heterocycles. The standard InChI is InChI=1S/C17H24N2O6/c1-10(17(23)25-11(2)14(20)18-8-9-24-3)19-15(21)12-6-4-5-7-13(12)16(19)22/h4-5,10-13H,6-9H2,1-3H3,(H,18,20)/t10-,11+,12-,13+/m0/s1. The minimum Gasteiger partial charge on any atom is -0.451 e. The summed E-state index contributed by atoms with van der Waals surface area (Å²) in [4.78, 5) is 50.0. The van der Waals surface area contributed by atoms with Crippen molar-refractivity contribution < 1.29 is 28.7 Å². The predicted octanol–water partition coefficient (Wildman–Crippen LogP) is 0.0204. The van der Waals surface area contributed by atoms with Crippen LogP contribution >= 0.6 is 0 Å². The fraction of sp³-hybridized carbons (Fsp3) is 0.647. The zero-order valence-electron chi connectivity index (χ0n) is 14.7. The third kappa shape index (κ3) is 4.07. The van der Waals surface area contributed by atoms with Gasteiger partial charge in [0, 0.05) is 13.7 Å². The van der Waals surface area contributed by atoms with E-state index in [9.17, 15) is 19.2 Å². The molecule has 0 radical (unpaired) electrons. The largest absolute Gasteiger partial charge is 0.451 e. The summed E-state index contributed by atoms with van der Waals surface area (Å²) in [6, 6.07) is -1.06. The molecule has 1 saturated heterocycles. The number of ether oxygens (including phenoxy) is 2. The lowest BCUT2D eigenvalue weighted by molar-refractivity contribution is -0.164. The van der Waals surface area contributed by atoms with Crippen molar-refractivity contribution in [3.63, 3.8) is 0 Å². The topological polar surface area (TPSA) is 102 Å². The van der Waals surface area contributed by atoms with E-state index in [-0.39, 0.29) is 11.8 Å². The number of imide groups is 1. The van der Waals surface area contributed by atoms with Gasteiger partial charge in [0.25, 0.3) is 5.91 Å². The maximum absolute atomic E-state index is 12.5. The fourth-order valence-electron chi connectivity index (χ4n) is 3.06. The van der Waals surface area contributed by atoms with Crippen LogP contribution in [-0.4, -0.2) is 61.0 Å². The van der Waals surface area contributed by atoms with Crippen molar-refractivity contribution in [2.24, 2.45) is 11.8 Å². The number of esters is 1. The van der Waals surface area contributed by atoms with Crippen LogP contribution in [0, 0.1) is 11.8 Å². The van der Waals surface area contributed by atoms with E-state index in [2.05, 4.69) is 5.32 Å². The summed E-state index contributed by atoms with van der Waals surface area (Å²) in [5, 5.41) is 2.56. The molecule has 2 rings (SSSR count). The number of nitrogens with one attached hydrogen (secondary N) is 1. The van der Waals surface area contributed by atoms with E-state index in [0.29, 0.717) is 26.0 Å². The molecular weight excluding hydrogens is 328 g/mol. The molecule has 8 heteroatoms. The average molecular weight is 352 g/mol. The lowest BCUT2D eigenvalue weighted by atomic mass is 9.85. The number of nitrogens with zero attached hydrogens (tertiary/aromatic N) is 1. The average Bonchev–Trinajstić information content (AvgIpc) is 2.85. The van der Waals surface area contributed by atoms with Gasteiger partial charge in [0.05, 0.1) is 18.4 Å². The molecular formula is C17H24N2O6. The Labute approximate surface area is 146 Å². The van der Waals surface area contributed by atoms with Gasteiger partial charge >= 0.3 is 5.97 Å². The highest BCUT2D eigenvalue weighted by Gasteiger charge is 2.50. The van der Waals surface area contributed by atoms with Crippen LogP contribution < -0.4 is 5.32 Å². The molecule has 0 bridgehead atoms. The van der Waals surface area contributed by atoms with Crippen LogP contribution in [0.15, 0.2) is 12.2 Å². The summed E-state index contributed by atoms with van der Waals surface area (Å²) in [6.07, 6.45) is 3.75. The Kier molecular flexibility index (Phi) is 6.30. The number of hydrogen-bond donors (Lipinski definition) is 1. The zero-order chi connectivity index (χ0) is 18.6. The molecule has 1 fully saturated rings. The number of rotatable bonds is 7. The van der Waals surface area contributed by atoms with Gasteiger partial charge in [-0.25, -0.2) is 4.79 Å². The number of carbonyl (C=O) groups excluding carboxylic acids is 4. The Balaban J connectivity index is 1.94. The Bertz CT molecular complexity index is 562. The van der Waals surface area contributed by atoms with Crippen molar-refractivity contribution in [3.05, 3.63) is 12.2 Å². The van der Waals surface area contributed by atoms with Crippen molar-refractivity contribution in [3.8, 4) is 0 Å². The molecule has 0 spiro atoms. The van der Waals surface area contributed by atoms with Crippen LogP contribution in [0.3, 0.4) is 0 Å². The molecule has 0 saturated carbocycles. The summed E-state index contributed by atoms with van der Waals surface area (Å²) < 4.78 is 9.93. The smallest absolute Gasteiger partial charge is 0.329 e. The van der Waals surface area contributed by atoms with E-state index in [1.54, 1.807) is 0 Å². The van der Waals surface area contributed by atoms with Crippen LogP contribution in [-0.2, 0) is 28.7 Å². The van der Waals surface area contributed by atoms with Gasteiger partial charge in [-0.15, -0.1) is 0 Å². The van der Waals surface area contributed by atoms with Gasteiger partial charge in [0.2, 0.25) is 11.8 Å². The number of hydrogen-bond acceptors (Lipinski definition) is 6. The third-order valence-corrected chi connectivity index (χ3v) is 4.54. The van der Waals surface area contributed by atoms with Gasteiger partial charge in [-0.3, -0.25) is 19.3 Å². The monoisotopic (exact) mass is 352 g/mol. The molecule has 1 heterocycles. The zero-order valence-corrected chi connectivity index (χ0v) is 14.7. The van der Waals surface area contributed by atoms with E-state index in [1.165, 1.54) is 21.0 Å². The Morgan fingerprint density at radius 1 is 1.20 bits per heavy atom. The van der Waals surface area contributed by atoms with Crippen molar-refractivity contribution in [1.82, 2.24) is 10.2 Å². The second-order valence-corrected chi connectivity index (χ2v) is 6.24. The van der Waals surface area contributed by atoms with Gasteiger partial charge in [-0.1, -0.05) is 12.2 Å². The molecule has 25 heavy (non-hydrogen) atoms. The van der Waals surface area contributed by atoms with Crippen LogP contribution in [0.5, 0.6) is 0 Å². The van der Waals surface area contributed by atoms with Gasteiger partial charge in [-0.2, -0.15) is 0 Å². The summed E-state index contributed by atoms with van der Waals surface area (Å²) in [5.74, 6) is -2.73. The van der Waals surface area contributed by atoms with Crippen molar-refractivity contribution >= 4 is 23.7 Å². The molecule has 138 valence electrons.